The van der Waals surface area contributed by atoms with Gasteiger partial charge in [0, 0.05) is 30.3 Å². The van der Waals surface area contributed by atoms with Crippen LogP contribution in [0.15, 0.2) is 40.3 Å². The molecule has 0 N–H and O–H groups in total. The number of ether oxygens (including phenoxy) is 4. The SMILES string of the molecule is CCCCOC1C(N=[N+]=[N-])[C@H](OC(C)=O)C(COC(C)=O)O[C@@H]1Sc1ccccc1. The molecule has 164 valence electrons. The van der Waals surface area contributed by atoms with Crippen LogP contribution in [0.2, 0.25) is 0 Å². The summed E-state index contributed by atoms with van der Waals surface area (Å²) in [7, 11) is 0. The molecule has 0 spiro atoms. The molecule has 0 saturated carbocycles. The number of unbranched alkanes of at least 4 members (excludes halogenated alkanes) is 1. The maximum absolute atomic E-state index is 11.7. The van der Waals surface area contributed by atoms with E-state index in [1.54, 1.807) is 0 Å². The Balaban J connectivity index is 2.36. The Hall–Kier alpha value is -2.26. The summed E-state index contributed by atoms with van der Waals surface area (Å²) in [5.74, 6) is -1.05. The van der Waals surface area contributed by atoms with E-state index in [1.807, 2.05) is 37.3 Å². The third-order valence-electron chi connectivity index (χ3n) is 4.36. The van der Waals surface area contributed by atoms with Gasteiger partial charge in [0.25, 0.3) is 0 Å². The Morgan fingerprint density at radius 2 is 1.93 bits per heavy atom. The van der Waals surface area contributed by atoms with Gasteiger partial charge in [-0.25, -0.2) is 0 Å². The van der Waals surface area contributed by atoms with Gasteiger partial charge >= 0.3 is 11.9 Å². The first-order valence-corrected chi connectivity index (χ1v) is 10.7. The van der Waals surface area contributed by atoms with Crippen LogP contribution in [-0.2, 0) is 28.5 Å². The first-order chi connectivity index (χ1) is 14.5. The predicted molar refractivity (Wildman–Crippen MR) is 111 cm³/mol. The second kappa shape index (κ2) is 12.4. The second-order valence-corrected chi connectivity index (χ2v) is 7.91. The van der Waals surface area contributed by atoms with E-state index in [4.69, 9.17) is 24.5 Å². The van der Waals surface area contributed by atoms with Crippen LogP contribution in [0.5, 0.6) is 0 Å². The van der Waals surface area contributed by atoms with Crippen LogP contribution in [0.25, 0.3) is 10.4 Å². The van der Waals surface area contributed by atoms with Crippen molar-refractivity contribution in [2.24, 2.45) is 5.11 Å². The number of nitrogens with zero attached hydrogens (tertiary/aromatic N) is 3. The summed E-state index contributed by atoms with van der Waals surface area (Å²) in [6.45, 7) is 4.88. The van der Waals surface area contributed by atoms with Gasteiger partial charge in [0.05, 0.1) is 0 Å². The number of rotatable bonds is 10. The maximum Gasteiger partial charge on any atom is 0.303 e. The largest absolute Gasteiger partial charge is 0.463 e. The Bertz CT molecular complexity index is 743. The fourth-order valence-corrected chi connectivity index (χ4v) is 4.18. The zero-order chi connectivity index (χ0) is 21.9. The lowest BCUT2D eigenvalue weighted by Crippen LogP contribution is -2.59. The van der Waals surface area contributed by atoms with Gasteiger partial charge in [-0.3, -0.25) is 9.59 Å². The molecule has 3 unspecified atom stereocenters. The average Bonchev–Trinajstić information content (AvgIpc) is 2.71. The molecule has 9 nitrogen and oxygen atoms in total. The van der Waals surface area contributed by atoms with E-state index >= 15 is 0 Å². The third-order valence-corrected chi connectivity index (χ3v) is 5.51. The van der Waals surface area contributed by atoms with Crippen LogP contribution in [0.4, 0.5) is 0 Å². The molecule has 1 heterocycles. The van der Waals surface area contributed by atoms with Gasteiger partial charge in [0.2, 0.25) is 0 Å². The van der Waals surface area contributed by atoms with Crippen molar-refractivity contribution < 1.29 is 28.5 Å². The predicted octanol–water partition coefficient (Wildman–Crippen LogP) is 3.86. The summed E-state index contributed by atoms with van der Waals surface area (Å²) in [6, 6.07) is 8.73. The molecule has 10 heteroatoms. The molecule has 0 bridgehead atoms. The summed E-state index contributed by atoms with van der Waals surface area (Å²) in [5, 5.41) is 3.89. The molecular weight excluding hydrogens is 410 g/mol. The number of benzene rings is 1. The van der Waals surface area contributed by atoms with Crippen LogP contribution in [0.3, 0.4) is 0 Å². The van der Waals surface area contributed by atoms with Crippen molar-refractivity contribution in [1.82, 2.24) is 0 Å². The third kappa shape index (κ3) is 7.21. The first-order valence-electron chi connectivity index (χ1n) is 9.79. The molecule has 1 fully saturated rings. The molecule has 0 amide bonds. The van der Waals surface area contributed by atoms with Crippen molar-refractivity contribution >= 4 is 23.7 Å². The molecule has 5 atom stereocenters. The van der Waals surface area contributed by atoms with Crippen molar-refractivity contribution in [3.8, 4) is 0 Å². The van der Waals surface area contributed by atoms with Crippen LogP contribution < -0.4 is 0 Å². The highest BCUT2D eigenvalue weighted by molar-refractivity contribution is 7.99. The van der Waals surface area contributed by atoms with Gasteiger partial charge < -0.3 is 18.9 Å². The minimum absolute atomic E-state index is 0.141. The number of hydrogen-bond donors (Lipinski definition) is 0. The molecule has 0 aliphatic carbocycles. The zero-order valence-electron chi connectivity index (χ0n) is 17.3. The van der Waals surface area contributed by atoms with E-state index in [9.17, 15) is 9.59 Å². The van der Waals surface area contributed by atoms with E-state index in [0.29, 0.717) is 6.61 Å². The van der Waals surface area contributed by atoms with Crippen LogP contribution in [0, 0.1) is 0 Å². The van der Waals surface area contributed by atoms with Crippen molar-refractivity contribution in [1.29, 1.82) is 0 Å². The average molecular weight is 438 g/mol. The fraction of sp³-hybridized carbons (Fsp3) is 0.600. The standard InChI is InChI=1S/C20H27N3O6S/c1-4-5-11-26-19-17(22-23-21)18(28-14(3)25)16(12-27-13(2)24)29-20(19)30-15-9-7-6-8-10-15/h6-10,16-20H,4-5,11-12H2,1-3H3/t16?,17?,18-,19?,20-/m1/s1. The van der Waals surface area contributed by atoms with E-state index < -0.39 is 41.7 Å². The van der Waals surface area contributed by atoms with E-state index in [0.717, 1.165) is 17.7 Å². The summed E-state index contributed by atoms with van der Waals surface area (Å²) in [6.07, 6.45) is -0.663. The van der Waals surface area contributed by atoms with Crippen LogP contribution in [-0.4, -0.2) is 54.9 Å². The number of esters is 2. The summed E-state index contributed by atoms with van der Waals surface area (Å²) in [4.78, 5) is 26.9. The molecule has 0 aromatic heterocycles. The van der Waals surface area contributed by atoms with Gasteiger partial charge in [0.1, 0.15) is 36.4 Å². The van der Waals surface area contributed by atoms with E-state index in [1.165, 1.54) is 25.6 Å². The zero-order valence-corrected chi connectivity index (χ0v) is 18.1. The van der Waals surface area contributed by atoms with Gasteiger partial charge in [-0.1, -0.05) is 48.4 Å². The number of hydrogen-bond acceptors (Lipinski definition) is 8. The lowest BCUT2D eigenvalue weighted by atomic mass is 9.97. The summed E-state index contributed by atoms with van der Waals surface area (Å²) in [5.41, 5.74) is 8.61. The lowest BCUT2D eigenvalue weighted by molar-refractivity contribution is -0.199. The number of azide groups is 1. The second-order valence-electron chi connectivity index (χ2n) is 6.73. The van der Waals surface area contributed by atoms with Gasteiger partial charge in [-0.15, -0.1) is 0 Å². The number of carbonyl (C=O) groups excluding carboxylic acids is 2. The van der Waals surface area contributed by atoms with Crippen molar-refractivity contribution in [2.45, 2.75) is 68.3 Å². The first kappa shape index (κ1) is 24.0. The molecule has 1 aliphatic rings. The molecule has 1 saturated heterocycles. The number of carbonyl (C=O) groups is 2. The molecule has 1 aromatic rings. The molecule has 1 aromatic carbocycles. The van der Waals surface area contributed by atoms with E-state index in [2.05, 4.69) is 10.0 Å². The highest BCUT2D eigenvalue weighted by atomic mass is 32.2. The Kier molecular flexibility index (Phi) is 9.96. The Morgan fingerprint density at radius 1 is 1.20 bits per heavy atom. The summed E-state index contributed by atoms with van der Waals surface area (Å²) < 4.78 is 22.8. The topological polar surface area (TPSA) is 120 Å². The normalized spacial score (nSPS) is 25.8. The Labute approximate surface area is 180 Å². The maximum atomic E-state index is 11.7. The molecule has 1 aliphatic heterocycles. The highest BCUT2D eigenvalue weighted by Crippen LogP contribution is 2.37. The lowest BCUT2D eigenvalue weighted by Gasteiger charge is -2.43. The minimum atomic E-state index is -0.947. The molecule has 0 radical (unpaired) electrons. The van der Waals surface area contributed by atoms with Crippen LogP contribution in [0.1, 0.15) is 33.6 Å². The number of thioether (sulfide) groups is 1. The van der Waals surface area contributed by atoms with Gasteiger partial charge in [0.15, 0.2) is 0 Å². The smallest absolute Gasteiger partial charge is 0.303 e. The quantitative estimate of drug-likeness (QED) is 0.179. The highest BCUT2D eigenvalue weighted by Gasteiger charge is 2.49. The molecule has 2 rings (SSSR count). The Morgan fingerprint density at radius 3 is 2.53 bits per heavy atom. The van der Waals surface area contributed by atoms with Crippen LogP contribution >= 0.6 is 11.8 Å². The minimum Gasteiger partial charge on any atom is -0.463 e. The van der Waals surface area contributed by atoms with Gasteiger partial charge in [-0.2, -0.15) is 0 Å². The van der Waals surface area contributed by atoms with Crippen molar-refractivity contribution in [2.75, 3.05) is 13.2 Å². The summed E-state index contributed by atoms with van der Waals surface area (Å²) >= 11 is 1.41. The monoisotopic (exact) mass is 437 g/mol. The molecule has 30 heavy (non-hydrogen) atoms. The molecular formula is C20H27N3O6S. The van der Waals surface area contributed by atoms with Crippen molar-refractivity contribution in [3.05, 3.63) is 40.8 Å². The van der Waals surface area contributed by atoms with Crippen molar-refractivity contribution in [3.63, 3.8) is 0 Å². The van der Waals surface area contributed by atoms with Gasteiger partial charge in [-0.05, 0) is 24.1 Å². The van der Waals surface area contributed by atoms with E-state index in [-0.39, 0.29) is 6.61 Å². The fourth-order valence-electron chi connectivity index (χ4n) is 3.03.